The number of anilines is 1. The third kappa shape index (κ3) is 3.43. The monoisotopic (exact) mass is 304 g/mol. The topological polar surface area (TPSA) is 79.0 Å². The van der Waals surface area contributed by atoms with Gasteiger partial charge in [0.15, 0.2) is 0 Å². The fourth-order valence-corrected chi connectivity index (χ4v) is 2.55. The minimum absolute atomic E-state index is 0.111. The molecule has 0 bridgehead atoms. The molecule has 0 aliphatic carbocycles. The first-order valence-corrected chi connectivity index (χ1v) is 7.16. The van der Waals surface area contributed by atoms with E-state index in [0.717, 1.165) is 18.4 Å². The summed E-state index contributed by atoms with van der Waals surface area (Å²) < 4.78 is 18.8. The number of carbonyl (C=O) groups is 1. The number of ether oxygens (including phenoxy) is 1. The second-order valence-electron chi connectivity index (χ2n) is 5.17. The molecule has 2 heterocycles. The van der Waals surface area contributed by atoms with Crippen LogP contribution in [0.1, 0.15) is 24.4 Å². The van der Waals surface area contributed by atoms with Gasteiger partial charge in [-0.05, 0) is 30.5 Å². The van der Waals surface area contributed by atoms with Gasteiger partial charge in [-0.25, -0.2) is 9.18 Å². The molecule has 0 saturated carbocycles. The Morgan fingerprint density at radius 2 is 2.23 bits per heavy atom. The van der Waals surface area contributed by atoms with E-state index in [0.29, 0.717) is 12.3 Å². The Morgan fingerprint density at radius 1 is 1.41 bits per heavy atom. The summed E-state index contributed by atoms with van der Waals surface area (Å²) in [6, 6.07) is 5.42. The highest BCUT2D eigenvalue weighted by molar-refractivity contribution is 5.89. The molecule has 22 heavy (non-hydrogen) atoms. The second kappa shape index (κ2) is 6.57. The van der Waals surface area contributed by atoms with Crippen LogP contribution in [0.25, 0.3) is 0 Å². The largest absolute Gasteiger partial charge is 0.376 e. The fourth-order valence-electron chi connectivity index (χ4n) is 2.55. The summed E-state index contributed by atoms with van der Waals surface area (Å²) in [6.45, 7) is 0.674. The molecule has 3 rings (SSSR count). The van der Waals surface area contributed by atoms with Crippen LogP contribution >= 0.6 is 0 Å². The normalized spacial score (nSPS) is 18.9. The van der Waals surface area contributed by atoms with Gasteiger partial charge in [-0.1, -0.05) is 12.1 Å². The molecular formula is C15H17FN4O2. The maximum absolute atomic E-state index is 13.1. The lowest BCUT2D eigenvalue weighted by Gasteiger charge is -2.24. The van der Waals surface area contributed by atoms with Crippen molar-refractivity contribution >= 4 is 11.7 Å². The van der Waals surface area contributed by atoms with Crippen molar-refractivity contribution in [3.63, 3.8) is 0 Å². The highest BCUT2D eigenvalue weighted by atomic mass is 19.1. The van der Waals surface area contributed by atoms with Gasteiger partial charge in [-0.3, -0.25) is 5.10 Å². The molecule has 1 aromatic carbocycles. The van der Waals surface area contributed by atoms with Crippen LogP contribution in [0.5, 0.6) is 0 Å². The van der Waals surface area contributed by atoms with E-state index < -0.39 is 0 Å². The van der Waals surface area contributed by atoms with Gasteiger partial charge in [0.05, 0.1) is 24.0 Å². The Morgan fingerprint density at radius 3 is 2.86 bits per heavy atom. The van der Waals surface area contributed by atoms with E-state index in [1.54, 1.807) is 18.3 Å². The van der Waals surface area contributed by atoms with Crippen LogP contribution in [0.15, 0.2) is 36.7 Å². The minimum Gasteiger partial charge on any atom is -0.376 e. The van der Waals surface area contributed by atoms with Crippen molar-refractivity contribution in [3.05, 3.63) is 48.0 Å². The summed E-state index contributed by atoms with van der Waals surface area (Å²) in [4.78, 5) is 12.1. The van der Waals surface area contributed by atoms with Crippen molar-refractivity contribution in [2.75, 3.05) is 11.9 Å². The van der Waals surface area contributed by atoms with Gasteiger partial charge >= 0.3 is 6.03 Å². The van der Waals surface area contributed by atoms with E-state index in [1.807, 2.05) is 0 Å². The lowest BCUT2D eigenvalue weighted by molar-refractivity contribution is 0.0815. The number of aromatic nitrogens is 2. The number of benzene rings is 1. The average Bonchev–Trinajstić information content (AvgIpc) is 3.19. The van der Waals surface area contributed by atoms with Crippen LogP contribution in [0.2, 0.25) is 0 Å². The molecule has 1 aliphatic rings. The smallest absolute Gasteiger partial charge is 0.319 e. The van der Waals surface area contributed by atoms with Crippen LogP contribution in [0.3, 0.4) is 0 Å². The highest BCUT2D eigenvalue weighted by Gasteiger charge is 2.28. The van der Waals surface area contributed by atoms with E-state index in [4.69, 9.17) is 4.74 Å². The number of urea groups is 1. The molecule has 7 heteroatoms. The minimum atomic E-state index is -0.355. The van der Waals surface area contributed by atoms with Crippen molar-refractivity contribution in [1.29, 1.82) is 0 Å². The number of aromatic amines is 1. The third-order valence-electron chi connectivity index (χ3n) is 3.61. The van der Waals surface area contributed by atoms with Crippen molar-refractivity contribution < 1.29 is 13.9 Å². The summed E-state index contributed by atoms with van der Waals surface area (Å²) in [6.07, 6.45) is 4.79. The number of carbonyl (C=O) groups excluding carboxylic acids is 1. The summed E-state index contributed by atoms with van der Waals surface area (Å²) in [5, 5.41) is 12.0. The molecule has 1 aromatic heterocycles. The summed E-state index contributed by atoms with van der Waals surface area (Å²) in [5.74, 6) is -0.308. The van der Waals surface area contributed by atoms with Crippen LogP contribution in [-0.4, -0.2) is 28.9 Å². The van der Waals surface area contributed by atoms with Crippen molar-refractivity contribution in [2.45, 2.75) is 25.0 Å². The quantitative estimate of drug-likeness (QED) is 0.812. The Kier molecular flexibility index (Phi) is 4.34. The van der Waals surface area contributed by atoms with Crippen LogP contribution in [-0.2, 0) is 4.74 Å². The lowest BCUT2D eigenvalue weighted by atomic mass is 9.99. The van der Waals surface area contributed by atoms with E-state index in [2.05, 4.69) is 20.8 Å². The summed E-state index contributed by atoms with van der Waals surface area (Å²) in [5.41, 5.74) is 1.39. The maximum atomic E-state index is 13.1. The SMILES string of the molecule is O=C(Nc1cn[nH]c1)N[C@H](c1ccc(F)cc1)[C@@H]1CCCO1. The maximum Gasteiger partial charge on any atom is 0.319 e. The number of halogens is 1. The number of nitrogens with one attached hydrogen (secondary N) is 3. The van der Waals surface area contributed by atoms with Gasteiger partial charge < -0.3 is 15.4 Å². The van der Waals surface area contributed by atoms with Gasteiger partial charge in [0.2, 0.25) is 0 Å². The zero-order chi connectivity index (χ0) is 15.4. The fraction of sp³-hybridized carbons (Fsp3) is 0.333. The molecule has 0 spiro atoms. The molecule has 0 unspecified atom stereocenters. The predicted molar refractivity (Wildman–Crippen MR) is 78.9 cm³/mol. The Bertz CT molecular complexity index is 609. The number of amides is 2. The van der Waals surface area contributed by atoms with E-state index in [9.17, 15) is 9.18 Å². The number of H-pyrrole nitrogens is 1. The number of nitrogens with zero attached hydrogens (tertiary/aromatic N) is 1. The number of hydrogen-bond donors (Lipinski definition) is 3. The molecule has 2 amide bonds. The summed E-state index contributed by atoms with van der Waals surface area (Å²) in [7, 11) is 0. The van der Waals surface area contributed by atoms with Gasteiger partial charge in [0.25, 0.3) is 0 Å². The lowest BCUT2D eigenvalue weighted by Crippen LogP contribution is -2.38. The Balaban J connectivity index is 1.73. The summed E-state index contributed by atoms with van der Waals surface area (Å²) >= 11 is 0. The van der Waals surface area contributed by atoms with E-state index in [-0.39, 0.29) is 24.0 Å². The zero-order valence-corrected chi connectivity index (χ0v) is 11.9. The molecule has 0 radical (unpaired) electrons. The number of hydrogen-bond acceptors (Lipinski definition) is 3. The Hall–Kier alpha value is -2.41. The first-order chi connectivity index (χ1) is 10.7. The van der Waals surface area contributed by atoms with E-state index in [1.165, 1.54) is 18.3 Å². The highest BCUT2D eigenvalue weighted by Crippen LogP contribution is 2.27. The van der Waals surface area contributed by atoms with Crippen molar-refractivity contribution in [1.82, 2.24) is 15.5 Å². The molecular weight excluding hydrogens is 287 g/mol. The third-order valence-corrected chi connectivity index (χ3v) is 3.61. The van der Waals surface area contributed by atoms with Crippen molar-refractivity contribution in [2.24, 2.45) is 0 Å². The average molecular weight is 304 g/mol. The zero-order valence-electron chi connectivity index (χ0n) is 11.9. The standard InChI is InChI=1S/C15H17FN4O2/c16-11-5-3-10(4-6-11)14(13-2-1-7-22-13)20-15(21)19-12-8-17-18-9-12/h3-6,8-9,13-14H,1-2,7H2,(H,17,18)(H2,19,20,21)/t13-,14+/m0/s1. The molecule has 6 nitrogen and oxygen atoms in total. The van der Waals surface area contributed by atoms with Crippen LogP contribution in [0.4, 0.5) is 14.9 Å². The van der Waals surface area contributed by atoms with Gasteiger partial charge in [-0.2, -0.15) is 5.10 Å². The molecule has 2 atom stereocenters. The van der Waals surface area contributed by atoms with Crippen LogP contribution in [0, 0.1) is 5.82 Å². The molecule has 1 fully saturated rings. The van der Waals surface area contributed by atoms with Crippen LogP contribution < -0.4 is 10.6 Å². The van der Waals surface area contributed by atoms with Gasteiger partial charge in [0, 0.05) is 12.8 Å². The molecule has 2 aromatic rings. The first kappa shape index (κ1) is 14.5. The van der Waals surface area contributed by atoms with Gasteiger partial charge in [0.1, 0.15) is 5.82 Å². The predicted octanol–water partition coefficient (Wildman–Crippen LogP) is 2.59. The van der Waals surface area contributed by atoms with Crippen molar-refractivity contribution in [3.8, 4) is 0 Å². The molecule has 116 valence electrons. The molecule has 3 N–H and O–H groups in total. The second-order valence-corrected chi connectivity index (χ2v) is 5.17. The Labute approximate surface area is 127 Å². The van der Waals surface area contributed by atoms with Gasteiger partial charge in [-0.15, -0.1) is 0 Å². The number of rotatable bonds is 4. The molecule has 1 aliphatic heterocycles. The van der Waals surface area contributed by atoms with E-state index >= 15 is 0 Å². The first-order valence-electron chi connectivity index (χ1n) is 7.16. The molecule has 1 saturated heterocycles.